The number of aryl methyl sites for hydroxylation is 1. The van der Waals surface area contributed by atoms with Crippen LogP contribution in [0.5, 0.6) is 0 Å². The number of aromatic amines is 1. The average Bonchev–Trinajstić information content (AvgIpc) is 3.35. The standard InChI is InChI=1S/C22H24N6OS/c1-12(2)9-23-21(29)13-3-5-16-18(8-13)30-22-19(16)20(24-11-25-22)27-15-4-6-17-14(7-15)10-26-28-17/h4,6-7,10-13H,3,5,8-9H2,1-2H3,(H,23,29)(H,26,28)(H,24,25,27). The summed E-state index contributed by atoms with van der Waals surface area (Å²) in [4.78, 5) is 23.8. The smallest absolute Gasteiger partial charge is 0.223 e. The van der Waals surface area contributed by atoms with Crippen LogP contribution in [0.25, 0.3) is 21.1 Å². The van der Waals surface area contributed by atoms with E-state index < -0.39 is 0 Å². The molecular formula is C22H24N6OS. The van der Waals surface area contributed by atoms with Crippen molar-refractivity contribution >= 4 is 49.9 Å². The summed E-state index contributed by atoms with van der Waals surface area (Å²) >= 11 is 1.69. The highest BCUT2D eigenvalue weighted by Gasteiger charge is 2.29. The molecule has 0 aliphatic heterocycles. The zero-order valence-electron chi connectivity index (χ0n) is 17.0. The lowest BCUT2D eigenvalue weighted by Gasteiger charge is -2.22. The molecule has 1 aliphatic carbocycles. The summed E-state index contributed by atoms with van der Waals surface area (Å²) < 4.78 is 0. The maximum Gasteiger partial charge on any atom is 0.223 e. The quantitative estimate of drug-likeness (QED) is 0.450. The fourth-order valence-electron chi connectivity index (χ4n) is 4.04. The second-order valence-corrected chi connectivity index (χ2v) is 9.37. The van der Waals surface area contributed by atoms with Gasteiger partial charge in [0.1, 0.15) is 17.0 Å². The first-order chi connectivity index (χ1) is 14.6. The van der Waals surface area contributed by atoms with Crippen molar-refractivity contribution < 1.29 is 4.79 Å². The minimum Gasteiger partial charge on any atom is -0.356 e. The first-order valence-electron chi connectivity index (χ1n) is 10.3. The molecule has 154 valence electrons. The van der Waals surface area contributed by atoms with Crippen LogP contribution in [0, 0.1) is 11.8 Å². The molecule has 7 nitrogen and oxygen atoms in total. The lowest BCUT2D eigenvalue weighted by molar-refractivity contribution is -0.125. The molecule has 4 aromatic rings. The van der Waals surface area contributed by atoms with Gasteiger partial charge in [0.2, 0.25) is 5.91 Å². The number of thiophene rings is 1. The summed E-state index contributed by atoms with van der Waals surface area (Å²) in [6.07, 6.45) is 5.93. The highest BCUT2D eigenvalue weighted by molar-refractivity contribution is 7.19. The van der Waals surface area contributed by atoms with Gasteiger partial charge in [0.05, 0.1) is 17.1 Å². The molecule has 30 heavy (non-hydrogen) atoms. The number of rotatable bonds is 5. The van der Waals surface area contributed by atoms with Gasteiger partial charge in [-0.1, -0.05) is 13.8 Å². The number of nitrogens with one attached hydrogen (secondary N) is 3. The van der Waals surface area contributed by atoms with Crippen molar-refractivity contribution in [3.8, 4) is 0 Å². The Bertz CT molecular complexity index is 1230. The molecule has 8 heteroatoms. The van der Waals surface area contributed by atoms with E-state index in [1.165, 1.54) is 10.4 Å². The van der Waals surface area contributed by atoms with Gasteiger partial charge < -0.3 is 10.6 Å². The Balaban J connectivity index is 1.43. The Morgan fingerprint density at radius 1 is 1.33 bits per heavy atom. The molecule has 1 atom stereocenters. The molecule has 1 aliphatic rings. The highest BCUT2D eigenvalue weighted by Crippen LogP contribution is 2.40. The van der Waals surface area contributed by atoms with Gasteiger partial charge in [0, 0.05) is 28.4 Å². The molecule has 0 saturated heterocycles. The van der Waals surface area contributed by atoms with E-state index in [1.807, 2.05) is 18.3 Å². The van der Waals surface area contributed by atoms with Crippen molar-refractivity contribution in [2.24, 2.45) is 11.8 Å². The number of carbonyl (C=O) groups excluding carboxylic acids is 1. The van der Waals surface area contributed by atoms with Gasteiger partial charge in [0.25, 0.3) is 0 Å². The minimum absolute atomic E-state index is 0.0391. The molecule has 0 fully saturated rings. The van der Waals surface area contributed by atoms with Crippen LogP contribution < -0.4 is 10.6 Å². The third kappa shape index (κ3) is 3.52. The Morgan fingerprint density at radius 3 is 3.10 bits per heavy atom. The van der Waals surface area contributed by atoms with Gasteiger partial charge in [-0.2, -0.15) is 5.10 Å². The number of nitrogens with zero attached hydrogens (tertiary/aromatic N) is 3. The number of benzene rings is 1. The van der Waals surface area contributed by atoms with Gasteiger partial charge in [-0.05, 0) is 48.9 Å². The monoisotopic (exact) mass is 420 g/mol. The lowest BCUT2D eigenvalue weighted by Crippen LogP contribution is -2.35. The van der Waals surface area contributed by atoms with Crippen molar-refractivity contribution in [3.05, 3.63) is 41.2 Å². The topological polar surface area (TPSA) is 95.6 Å². The van der Waals surface area contributed by atoms with E-state index in [-0.39, 0.29) is 11.8 Å². The summed E-state index contributed by atoms with van der Waals surface area (Å²) in [7, 11) is 0. The molecule has 3 N–H and O–H groups in total. The molecule has 3 heterocycles. The number of carbonyl (C=O) groups is 1. The predicted molar refractivity (Wildman–Crippen MR) is 120 cm³/mol. The summed E-state index contributed by atoms with van der Waals surface area (Å²) in [5, 5.41) is 15.7. The zero-order valence-corrected chi connectivity index (χ0v) is 17.8. The first-order valence-corrected chi connectivity index (χ1v) is 11.1. The van der Waals surface area contributed by atoms with E-state index in [0.717, 1.165) is 58.4 Å². The summed E-state index contributed by atoms with van der Waals surface area (Å²) in [5.74, 6) is 1.49. The molecule has 0 saturated carbocycles. The number of H-pyrrole nitrogens is 1. The van der Waals surface area contributed by atoms with Crippen molar-refractivity contribution in [1.82, 2.24) is 25.5 Å². The Hall–Kier alpha value is -3.00. The number of anilines is 2. The predicted octanol–water partition coefficient (Wildman–Crippen LogP) is 4.19. The average molecular weight is 421 g/mol. The summed E-state index contributed by atoms with van der Waals surface area (Å²) in [5.41, 5.74) is 3.25. The lowest BCUT2D eigenvalue weighted by atomic mass is 9.87. The molecule has 0 spiro atoms. The van der Waals surface area contributed by atoms with E-state index >= 15 is 0 Å². The number of aromatic nitrogens is 4. The van der Waals surface area contributed by atoms with E-state index in [2.05, 4.69) is 50.7 Å². The third-order valence-electron chi connectivity index (χ3n) is 5.60. The highest BCUT2D eigenvalue weighted by atomic mass is 32.1. The van der Waals surface area contributed by atoms with Crippen LogP contribution in [0.4, 0.5) is 11.5 Å². The van der Waals surface area contributed by atoms with Crippen LogP contribution in [0.1, 0.15) is 30.7 Å². The van der Waals surface area contributed by atoms with Crippen molar-refractivity contribution in [3.63, 3.8) is 0 Å². The molecular weight excluding hydrogens is 396 g/mol. The van der Waals surface area contributed by atoms with Crippen molar-refractivity contribution in [1.29, 1.82) is 0 Å². The van der Waals surface area contributed by atoms with Crippen LogP contribution in [-0.4, -0.2) is 32.6 Å². The van der Waals surface area contributed by atoms with Gasteiger partial charge in [-0.15, -0.1) is 11.3 Å². The van der Waals surface area contributed by atoms with E-state index in [0.29, 0.717) is 5.92 Å². The fourth-order valence-corrected chi connectivity index (χ4v) is 5.30. The minimum atomic E-state index is 0.0391. The van der Waals surface area contributed by atoms with Crippen molar-refractivity contribution in [2.75, 3.05) is 11.9 Å². The van der Waals surface area contributed by atoms with E-state index in [1.54, 1.807) is 17.7 Å². The SMILES string of the molecule is CC(C)CNC(=O)C1CCc2c(sc3ncnc(Nc4ccc5[nH]ncc5c4)c23)C1. The largest absolute Gasteiger partial charge is 0.356 e. The number of hydrogen-bond acceptors (Lipinski definition) is 6. The molecule has 1 aromatic carbocycles. The van der Waals surface area contributed by atoms with Crippen LogP contribution in [-0.2, 0) is 17.6 Å². The number of amides is 1. The molecule has 1 unspecified atom stereocenters. The van der Waals surface area contributed by atoms with Gasteiger partial charge in [-0.25, -0.2) is 9.97 Å². The molecule has 0 radical (unpaired) electrons. The first kappa shape index (κ1) is 19.0. The molecule has 5 rings (SSSR count). The maximum atomic E-state index is 12.6. The van der Waals surface area contributed by atoms with Crippen LogP contribution in [0.15, 0.2) is 30.7 Å². The van der Waals surface area contributed by atoms with Gasteiger partial charge in [-0.3, -0.25) is 9.89 Å². The summed E-state index contributed by atoms with van der Waals surface area (Å²) in [6.45, 7) is 4.96. The van der Waals surface area contributed by atoms with Gasteiger partial charge >= 0.3 is 0 Å². The zero-order chi connectivity index (χ0) is 20.7. The van der Waals surface area contributed by atoms with E-state index in [4.69, 9.17) is 0 Å². The van der Waals surface area contributed by atoms with Crippen LogP contribution >= 0.6 is 11.3 Å². The number of hydrogen-bond donors (Lipinski definition) is 3. The normalized spacial score (nSPS) is 16.2. The second kappa shape index (κ2) is 7.68. The van der Waals surface area contributed by atoms with Crippen LogP contribution in [0.3, 0.4) is 0 Å². The van der Waals surface area contributed by atoms with Crippen LogP contribution in [0.2, 0.25) is 0 Å². The van der Waals surface area contributed by atoms with E-state index in [9.17, 15) is 4.79 Å². The van der Waals surface area contributed by atoms with Crippen molar-refractivity contribution in [2.45, 2.75) is 33.1 Å². The van der Waals surface area contributed by atoms with Gasteiger partial charge in [0.15, 0.2) is 0 Å². The number of fused-ring (bicyclic) bond motifs is 4. The fraction of sp³-hybridized carbons (Fsp3) is 0.364. The Labute approximate surface area is 178 Å². The molecule has 3 aromatic heterocycles. The Morgan fingerprint density at radius 2 is 2.23 bits per heavy atom. The second-order valence-electron chi connectivity index (χ2n) is 8.28. The third-order valence-corrected chi connectivity index (χ3v) is 6.77. The molecule has 1 amide bonds. The maximum absolute atomic E-state index is 12.6. The summed E-state index contributed by atoms with van der Waals surface area (Å²) in [6, 6.07) is 6.08. The molecule has 0 bridgehead atoms. The Kier molecular flexibility index (Phi) is 4.86.